The first kappa shape index (κ1) is 18.3. The molecule has 1 fully saturated rings. The predicted octanol–water partition coefficient (Wildman–Crippen LogP) is 0.650. The van der Waals surface area contributed by atoms with Gasteiger partial charge in [0.25, 0.3) is 0 Å². The molecule has 16 heavy (non-hydrogen) atoms. The number of hydrogen-bond acceptors (Lipinski definition) is 3. The summed E-state index contributed by atoms with van der Waals surface area (Å²) in [5.41, 5.74) is 0. The molecule has 1 saturated heterocycles. The van der Waals surface area contributed by atoms with E-state index in [2.05, 4.69) is 22.5 Å². The Morgan fingerprint density at radius 1 is 1.31 bits per heavy atom. The molecule has 1 heterocycles. The van der Waals surface area contributed by atoms with Crippen molar-refractivity contribution in [2.45, 2.75) is 26.3 Å². The summed E-state index contributed by atoms with van der Waals surface area (Å²) < 4.78 is 0. The maximum Gasteiger partial charge on any atom is 0.237 e. The zero-order valence-corrected chi connectivity index (χ0v) is 11.6. The fourth-order valence-electron chi connectivity index (χ4n) is 1.90. The molecular weight excluding hydrogens is 249 g/mol. The first-order valence-electron chi connectivity index (χ1n) is 5.52. The van der Waals surface area contributed by atoms with Crippen LogP contribution in [-0.2, 0) is 4.79 Å². The van der Waals surface area contributed by atoms with Gasteiger partial charge in [-0.15, -0.1) is 24.8 Å². The van der Waals surface area contributed by atoms with Gasteiger partial charge in [-0.25, -0.2) is 0 Å². The number of nitrogens with zero attached hydrogens (tertiary/aromatic N) is 1. The maximum atomic E-state index is 11.7. The molecule has 1 rings (SSSR count). The number of halogens is 2. The molecule has 0 aromatic rings. The van der Waals surface area contributed by atoms with Crippen LogP contribution in [-0.4, -0.2) is 49.6 Å². The number of carbonyl (C=O) groups is 1. The van der Waals surface area contributed by atoms with Crippen molar-refractivity contribution >= 4 is 30.7 Å². The molecule has 4 nitrogen and oxygen atoms in total. The number of rotatable bonds is 4. The molecule has 0 aromatic heterocycles. The highest BCUT2D eigenvalue weighted by Crippen LogP contribution is 2.05. The van der Waals surface area contributed by atoms with Crippen LogP contribution in [0.15, 0.2) is 0 Å². The van der Waals surface area contributed by atoms with Gasteiger partial charge in [-0.1, -0.05) is 6.92 Å². The molecule has 0 radical (unpaired) electrons. The molecule has 2 N–H and O–H groups in total. The van der Waals surface area contributed by atoms with E-state index >= 15 is 0 Å². The van der Waals surface area contributed by atoms with Crippen LogP contribution in [0.1, 0.15) is 20.3 Å². The number of nitrogens with one attached hydrogen (secondary N) is 2. The van der Waals surface area contributed by atoms with Gasteiger partial charge >= 0.3 is 0 Å². The van der Waals surface area contributed by atoms with Crippen LogP contribution >= 0.6 is 24.8 Å². The van der Waals surface area contributed by atoms with Crippen molar-refractivity contribution in [3.05, 3.63) is 0 Å². The molecule has 98 valence electrons. The largest absolute Gasteiger partial charge is 0.355 e. The second-order valence-corrected chi connectivity index (χ2v) is 3.60. The fourth-order valence-corrected chi connectivity index (χ4v) is 1.90. The summed E-state index contributed by atoms with van der Waals surface area (Å²) in [5, 5.41) is 6.18. The summed E-state index contributed by atoms with van der Waals surface area (Å²) in [5.74, 6) is 0.178. The number of likely N-dealkylation sites (N-methyl/N-ethyl adjacent to an activating group) is 1. The second-order valence-electron chi connectivity index (χ2n) is 3.60. The molecule has 0 saturated carbocycles. The maximum absolute atomic E-state index is 11.7. The highest BCUT2D eigenvalue weighted by molar-refractivity contribution is 5.85. The number of carbonyl (C=O) groups excluding carboxylic acids is 1. The van der Waals surface area contributed by atoms with Crippen LogP contribution in [0, 0.1) is 0 Å². The van der Waals surface area contributed by atoms with Gasteiger partial charge in [0.2, 0.25) is 5.91 Å². The Kier molecular flexibility index (Phi) is 11.6. The van der Waals surface area contributed by atoms with Gasteiger partial charge in [0.1, 0.15) is 0 Å². The quantitative estimate of drug-likeness (QED) is 0.790. The number of amides is 1. The fraction of sp³-hybridized carbons (Fsp3) is 0.900. The van der Waals surface area contributed by atoms with Gasteiger partial charge in [-0.3, -0.25) is 9.69 Å². The smallest absolute Gasteiger partial charge is 0.237 e. The molecule has 0 spiro atoms. The van der Waals surface area contributed by atoms with Crippen molar-refractivity contribution < 1.29 is 4.79 Å². The van der Waals surface area contributed by atoms with Crippen molar-refractivity contribution in [1.29, 1.82) is 0 Å². The average Bonchev–Trinajstić information content (AvgIpc) is 2.21. The Bertz CT molecular complexity index is 187. The summed E-state index contributed by atoms with van der Waals surface area (Å²) >= 11 is 0. The van der Waals surface area contributed by atoms with Gasteiger partial charge < -0.3 is 10.6 Å². The summed E-state index contributed by atoms with van der Waals surface area (Å²) in [6, 6.07) is 0.0667. The van der Waals surface area contributed by atoms with E-state index in [1.165, 1.54) is 0 Å². The van der Waals surface area contributed by atoms with Crippen LogP contribution in [0.3, 0.4) is 0 Å². The Morgan fingerprint density at radius 3 is 2.31 bits per heavy atom. The highest BCUT2D eigenvalue weighted by atomic mass is 35.5. The lowest BCUT2D eigenvalue weighted by atomic mass is 10.1. The monoisotopic (exact) mass is 271 g/mol. The normalized spacial score (nSPS) is 17.9. The summed E-state index contributed by atoms with van der Waals surface area (Å²) in [6.45, 7) is 8.71. The zero-order valence-electron chi connectivity index (χ0n) is 9.99. The molecule has 1 atom stereocenters. The van der Waals surface area contributed by atoms with E-state index in [0.29, 0.717) is 0 Å². The van der Waals surface area contributed by atoms with Crippen LogP contribution in [0.25, 0.3) is 0 Å². The van der Waals surface area contributed by atoms with E-state index in [1.54, 1.807) is 0 Å². The van der Waals surface area contributed by atoms with E-state index in [0.717, 1.165) is 39.1 Å². The van der Waals surface area contributed by atoms with Crippen LogP contribution < -0.4 is 10.6 Å². The summed E-state index contributed by atoms with van der Waals surface area (Å²) in [4.78, 5) is 14.0. The third-order valence-electron chi connectivity index (χ3n) is 2.63. The lowest BCUT2D eigenvalue weighted by molar-refractivity contribution is -0.126. The first-order chi connectivity index (χ1) is 6.79. The van der Waals surface area contributed by atoms with Crippen LogP contribution in [0.2, 0.25) is 0 Å². The molecule has 1 aliphatic heterocycles. The molecule has 0 aromatic carbocycles. The SMILES string of the molecule is CCNC(=O)C(CC)N1CCNCC1.Cl.Cl. The van der Waals surface area contributed by atoms with Crippen molar-refractivity contribution in [3.8, 4) is 0 Å². The van der Waals surface area contributed by atoms with E-state index in [1.807, 2.05) is 6.92 Å². The van der Waals surface area contributed by atoms with Gasteiger partial charge in [0.15, 0.2) is 0 Å². The lowest BCUT2D eigenvalue weighted by Gasteiger charge is -2.33. The van der Waals surface area contributed by atoms with E-state index < -0.39 is 0 Å². The summed E-state index contributed by atoms with van der Waals surface area (Å²) in [7, 11) is 0. The van der Waals surface area contributed by atoms with Crippen molar-refractivity contribution in [2.75, 3.05) is 32.7 Å². The van der Waals surface area contributed by atoms with Gasteiger partial charge in [0.05, 0.1) is 6.04 Å². The lowest BCUT2D eigenvalue weighted by Crippen LogP contribution is -2.53. The molecule has 0 bridgehead atoms. The topological polar surface area (TPSA) is 44.4 Å². The Hall–Kier alpha value is -0.0300. The average molecular weight is 272 g/mol. The Balaban J connectivity index is 0. The van der Waals surface area contributed by atoms with Crippen molar-refractivity contribution in [1.82, 2.24) is 15.5 Å². The Labute approximate surface area is 110 Å². The molecule has 0 aliphatic carbocycles. The van der Waals surface area contributed by atoms with Crippen molar-refractivity contribution in [2.24, 2.45) is 0 Å². The number of piperazine rings is 1. The third kappa shape index (κ3) is 5.34. The molecule has 1 aliphatic rings. The Morgan fingerprint density at radius 2 is 1.88 bits per heavy atom. The van der Waals surface area contributed by atoms with Crippen LogP contribution in [0.5, 0.6) is 0 Å². The standard InChI is InChI=1S/C10H21N3O.2ClH/c1-3-9(10(14)12-4-2)13-7-5-11-6-8-13;;/h9,11H,3-8H2,1-2H3,(H,12,14);2*1H. The van der Waals surface area contributed by atoms with E-state index in [9.17, 15) is 4.79 Å². The van der Waals surface area contributed by atoms with Gasteiger partial charge in [-0.05, 0) is 13.3 Å². The van der Waals surface area contributed by atoms with Crippen LogP contribution in [0.4, 0.5) is 0 Å². The highest BCUT2D eigenvalue weighted by Gasteiger charge is 2.24. The second kappa shape index (κ2) is 10.1. The molecule has 1 unspecified atom stereocenters. The zero-order chi connectivity index (χ0) is 10.4. The molecule has 1 amide bonds. The minimum absolute atomic E-state index is 0. The van der Waals surface area contributed by atoms with E-state index in [-0.39, 0.29) is 36.8 Å². The first-order valence-corrected chi connectivity index (χ1v) is 5.52. The molecular formula is C10H23Cl2N3O. The van der Waals surface area contributed by atoms with Gasteiger partial charge in [-0.2, -0.15) is 0 Å². The predicted molar refractivity (Wildman–Crippen MR) is 71.7 cm³/mol. The molecule has 6 heteroatoms. The third-order valence-corrected chi connectivity index (χ3v) is 2.63. The number of hydrogen-bond donors (Lipinski definition) is 2. The minimum Gasteiger partial charge on any atom is -0.355 e. The van der Waals surface area contributed by atoms with Gasteiger partial charge in [0, 0.05) is 32.7 Å². The van der Waals surface area contributed by atoms with E-state index in [4.69, 9.17) is 0 Å². The van der Waals surface area contributed by atoms with Crippen molar-refractivity contribution in [3.63, 3.8) is 0 Å². The minimum atomic E-state index is 0. The summed E-state index contributed by atoms with van der Waals surface area (Å²) in [6.07, 6.45) is 0.895.